The number of rotatable bonds is 6. The van der Waals surface area contributed by atoms with Gasteiger partial charge in [-0.3, -0.25) is 14.2 Å². The summed E-state index contributed by atoms with van der Waals surface area (Å²) in [5.74, 6) is 1.78. The minimum atomic E-state index is -0.718. The van der Waals surface area contributed by atoms with E-state index < -0.39 is 6.04 Å². The van der Waals surface area contributed by atoms with Crippen LogP contribution >= 0.6 is 11.3 Å². The maximum atomic E-state index is 14.2. The van der Waals surface area contributed by atoms with Crippen molar-refractivity contribution in [2.24, 2.45) is 4.99 Å². The topological polar surface area (TPSA) is 82.4 Å². The summed E-state index contributed by atoms with van der Waals surface area (Å²) in [7, 11) is 1.61. The van der Waals surface area contributed by atoms with Gasteiger partial charge in [0.15, 0.2) is 16.3 Å². The zero-order chi connectivity index (χ0) is 28.0. The summed E-state index contributed by atoms with van der Waals surface area (Å²) in [6.07, 6.45) is 1.83. The van der Waals surface area contributed by atoms with Crippen LogP contribution in [0.5, 0.6) is 17.2 Å². The molecule has 0 N–H and O–H groups in total. The van der Waals surface area contributed by atoms with Gasteiger partial charge in [0, 0.05) is 18.7 Å². The number of fused-ring (bicyclic) bond motifs is 3. The Labute approximate surface area is 235 Å². The fraction of sp³-hybridized carbons (Fsp3) is 0.258. The molecule has 0 spiro atoms. The van der Waals surface area contributed by atoms with Crippen molar-refractivity contribution in [2.45, 2.75) is 26.8 Å². The minimum absolute atomic E-state index is 0.142. The first-order chi connectivity index (χ1) is 19.4. The lowest BCUT2D eigenvalue weighted by molar-refractivity contribution is -0.127. The Bertz CT molecular complexity index is 1870. The molecular formula is C31H29N3O5S. The van der Waals surface area contributed by atoms with E-state index in [4.69, 9.17) is 19.2 Å². The summed E-state index contributed by atoms with van der Waals surface area (Å²) in [5.41, 5.74) is 2.41. The summed E-state index contributed by atoms with van der Waals surface area (Å²) in [6, 6.07) is 16.7. The molecule has 0 bridgehead atoms. The van der Waals surface area contributed by atoms with Gasteiger partial charge in [-0.15, -0.1) is 0 Å². The Morgan fingerprint density at radius 3 is 2.67 bits per heavy atom. The number of aromatic nitrogens is 1. The first-order valence-corrected chi connectivity index (χ1v) is 14.0. The first kappa shape index (κ1) is 25.9. The van der Waals surface area contributed by atoms with Crippen LogP contribution in [0.15, 0.2) is 75.7 Å². The van der Waals surface area contributed by atoms with Crippen LogP contribution in [-0.2, 0) is 4.79 Å². The van der Waals surface area contributed by atoms with Crippen LogP contribution in [0.4, 0.5) is 0 Å². The van der Waals surface area contributed by atoms with Gasteiger partial charge in [0.05, 0.1) is 22.9 Å². The highest BCUT2D eigenvalue weighted by Crippen LogP contribution is 2.40. The van der Waals surface area contributed by atoms with E-state index in [1.807, 2.05) is 81.4 Å². The molecule has 1 aromatic heterocycles. The average Bonchev–Trinajstić information content (AvgIpc) is 3.55. The minimum Gasteiger partial charge on any atom is -0.496 e. The summed E-state index contributed by atoms with van der Waals surface area (Å²) >= 11 is 1.30. The number of allylic oxidation sites excluding steroid dienone is 1. The number of nitrogens with zero attached hydrogens (tertiary/aromatic N) is 3. The molecule has 8 nitrogen and oxygen atoms in total. The van der Waals surface area contributed by atoms with E-state index in [-0.39, 0.29) is 18.3 Å². The highest BCUT2D eigenvalue weighted by molar-refractivity contribution is 7.07. The van der Waals surface area contributed by atoms with E-state index in [2.05, 4.69) is 0 Å². The number of likely N-dealkylation sites (N-methyl/N-ethyl adjacent to an activating group) is 1. The Kier molecular flexibility index (Phi) is 6.67. The molecule has 1 atom stereocenters. The van der Waals surface area contributed by atoms with Crippen molar-refractivity contribution in [1.29, 1.82) is 0 Å². The van der Waals surface area contributed by atoms with Gasteiger partial charge in [-0.25, -0.2) is 4.99 Å². The van der Waals surface area contributed by atoms with E-state index in [9.17, 15) is 9.59 Å². The zero-order valence-corrected chi connectivity index (χ0v) is 23.6. The number of benzene rings is 3. The third-order valence-corrected chi connectivity index (χ3v) is 8.40. The van der Waals surface area contributed by atoms with Crippen LogP contribution in [0.25, 0.3) is 16.8 Å². The van der Waals surface area contributed by atoms with Crippen LogP contribution in [0.1, 0.15) is 37.9 Å². The Morgan fingerprint density at radius 2 is 1.90 bits per heavy atom. The van der Waals surface area contributed by atoms with E-state index in [0.717, 1.165) is 21.9 Å². The van der Waals surface area contributed by atoms with Gasteiger partial charge in [0.1, 0.15) is 11.8 Å². The molecule has 9 heteroatoms. The molecule has 40 heavy (non-hydrogen) atoms. The quantitative estimate of drug-likeness (QED) is 0.359. The molecular weight excluding hydrogens is 526 g/mol. The number of hydrogen-bond donors (Lipinski definition) is 0. The van der Waals surface area contributed by atoms with Gasteiger partial charge in [0.25, 0.3) is 11.5 Å². The molecule has 1 amide bonds. The van der Waals surface area contributed by atoms with E-state index in [1.165, 1.54) is 11.3 Å². The summed E-state index contributed by atoms with van der Waals surface area (Å²) in [5, 5.41) is 1.90. The van der Waals surface area contributed by atoms with Crippen LogP contribution in [0.2, 0.25) is 0 Å². The second-order valence-corrected chi connectivity index (χ2v) is 10.6. The highest BCUT2D eigenvalue weighted by Gasteiger charge is 2.36. The molecule has 2 aliphatic rings. The molecule has 0 fully saturated rings. The molecule has 204 valence electrons. The fourth-order valence-corrected chi connectivity index (χ4v) is 6.49. The van der Waals surface area contributed by atoms with Crippen molar-refractivity contribution in [2.75, 3.05) is 27.0 Å². The summed E-state index contributed by atoms with van der Waals surface area (Å²) in [4.78, 5) is 35.3. The molecule has 0 aliphatic carbocycles. The van der Waals surface area contributed by atoms with Crippen molar-refractivity contribution in [3.63, 3.8) is 0 Å². The maximum absolute atomic E-state index is 14.2. The number of thiazole rings is 1. The number of carbonyl (C=O) groups excluding carboxylic acids is 1. The molecule has 0 saturated carbocycles. The summed E-state index contributed by atoms with van der Waals surface area (Å²) in [6.45, 7) is 7.00. The van der Waals surface area contributed by atoms with Gasteiger partial charge >= 0.3 is 0 Å². The lowest BCUT2D eigenvalue weighted by Gasteiger charge is -2.30. The number of methoxy groups -OCH3 is 1. The largest absolute Gasteiger partial charge is 0.496 e. The number of carbonyl (C=O) groups is 1. The van der Waals surface area contributed by atoms with Gasteiger partial charge in [-0.05, 0) is 61.4 Å². The Hall–Kier alpha value is -4.37. The van der Waals surface area contributed by atoms with Gasteiger partial charge in [-0.2, -0.15) is 0 Å². The van der Waals surface area contributed by atoms with Crippen molar-refractivity contribution >= 4 is 34.1 Å². The third kappa shape index (κ3) is 4.17. The number of amides is 1. The summed E-state index contributed by atoms with van der Waals surface area (Å²) < 4.78 is 19.0. The molecule has 3 aromatic carbocycles. The fourth-order valence-electron chi connectivity index (χ4n) is 5.44. The smallest absolute Gasteiger partial charge is 0.271 e. The Morgan fingerprint density at radius 1 is 1.12 bits per heavy atom. The average molecular weight is 556 g/mol. The van der Waals surface area contributed by atoms with Crippen LogP contribution in [0, 0.1) is 0 Å². The second kappa shape index (κ2) is 10.3. The van der Waals surface area contributed by atoms with Crippen molar-refractivity contribution in [3.05, 3.63) is 96.7 Å². The molecule has 4 aromatic rings. The van der Waals surface area contributed by atoms with Crippen molar-refractivity contribution in [3.8, 4) is 17.2 Å². The monoisotopic (exact) mass is 555 g/mol. The Balaban J connectivity index is 1.63. The highest BCUT2D eigenvalue weighted by atomic mass is 32.1. The van der Waals surface area contributed by atoms with Crippen molar-refractivity contribution in [1.82, 2.24) is 9.47 Å². The van der Waals surface area contributed by atoms with E-state index >= 15 is 0 Å². The predicted molar refractivity (Wildman–Crippen MR) is 155 cm³/mol. The standard InChI is InChI=1S/C31H29N3O5S/c1-5-33(6-2)30(36)26-18(3)32-31-34(28(26)27-21-10-8-7-9-20(21)12-14-23(27)37-4)29(35)25(40-31)16-19-11-13-22-24(15-19)39-17-38-22/h7-16,28H,5-6,17H2,1-4H3/b25-16+/t28-/m0/s1. The van der Waals surface area contributed by atoms with Crippen LogP contribution in [-0.4, -0.2) is 42.4 Å². The molecule has 3 heterocycles. The van der Waals surface area contributed by atoms with Crippen molar-refractivity contribution < 1.29 is 19.0 Å². The predicted octanol–water partition coefficient (Wildman–Crippen LogP) is 3.99. The van der Waals surface area contributed by atoms with Crippen LogP contribution < -0.4 is 29.1 Å². The van der Waals surface area contributed by atoms with Gasteiger partial charge in [0.2, 0.25) is 6.79 Å². The molecule has 2 aliphatic heterocycles. The number of hydrogen-bond acceptors (Lipinski definition) is 7. The molecule has 6 rings (SSSR count). The third-order valence-electron chi connectivity index (χ3n) is 7.42. The van der Waals surface area contributed by atoms with Gasteiger partial charge in [-0.1, -0.05) is 47.7 Å². The second-order valence-electron chi connectivity index (χ2n) is 9.57. The SMILES string of the molecule is CCN(CC)C(=O)C1=C(C)N=c2s/c(=C/c3ccc4c(c3)OCO4)c(=O)n2[C@@H]1c1c(OC)ccc2ccccc12. The van der Waals surface area contributed by atoms with E-state index in [0.29, 0.717) is 50.9 Å². The molecule has 0 saturated heterocycles. The number of ether oxygens (including phenoxy) is 3. The van der Waals surface area contributed by atoms with E-state index in [1.54, 1.807) is 16.6 Å². The first-order valence-electron chi connectivity index (χ1n) is 13.2. The molecule has 0 unspecified atom stereocenters. The zero-order valence-electron chi connectivity index (χ0n) is 22.8. The van der Waals surface area contributed by atoms with Gasteiger partial charge < -0.3 is 19.1 Å². The molecule has 0 radical (unpaired) electrons. The lowest BCUT2D eigenvalue weighted by Crippen LogP contribution is -2.43. The normalized spacial score (nSPS) is 16.2. The maximum Gasteiger partial charge on any atom is 0.271 e. The van der Waals surface area contributed by atoms with Crippen LogP contribution in [0.3, 0.4) is 0 Å². The lowest BCUT2D eigenvalue weighted by atomic mass is 9.90.